The molecule has 0 atom stereocenters. The summed E-state index contributed by atoms with van der Waals surface area (Å²) in [5.74, 6) is 0.289. The molecule has 0 radical (unpaired) electrons. The Kier molecular flexibility index (Phi) is 8.03. The Morgan fingerprint density at radius 1 is 1.40 bits per heavy atom. The molecule has 0 unspecified atom stereocenters. The van der Waals surface area contributed by atoms with Crippen LogP contribution in [0.4, 0.5) is 0 Å². The highest BCUT2D eigenvalue weighted by Gasteiger charge is 2.34. The van der Waals surface area contributed by atoms with Gasteiger partial charge in [0, 0.05) is 12.3 Å². The van der Waals surface area contributed by atoms with Crippen molar-refractivity contribution in [3.8, 4) is 23.8 Å². The quantitative estimate of drug-likeness (QED) is 0.265. The maximum Gasteiger partial charge on any atom is 0.451 e. The Labute approximate surface area is 174 Å². The maximum atomic E-state index is 12.3. The van der Waals surface area contributed by atoms with Crippen LogP contribution in [-0.4, -0.2) is 69.6 Å². The number of amides is 1. The second kappa shape index (κ2) is 10.5. The summed E-state index contributed by atoms with van der Waals surface area (Å²) in [5.41, 5.74) is 0.333. The lowest BCUT2D eigenvalue weighted by atomic mass is 9.82. The van der Waals surface area contributed by atoms with Crippen LogP contribution >= 0.6 is 0 Å². The van der Waals surface area contributed by atoms with Gasteiger partial charge in [0.25, 0.3) is 0 Å². The molecule has 1 fully saturated rings. The first-order chi connectivity index (χ1) is 14.3. The van der Waals surface area contributed by atoms with Crippen LogP contribution in [0, 0.1) is 12.3 Å². The molecular formula is C20H23BN2O7. The van der Waals surface area contributed by atoms with E-state index in [0.717, 1.165) is 0 Å². The van der Waals surface area contributed by atoms with E-state index in [2.05, 4.69) is 10.9 Å². The van der Waals surface area contributed by atoms with E-state index in [1.807, 2.05) is 0 Å². The highest BCUT2D eigenvalue weighted by Crippen LogP contribution is 2.34. The van der Waals surface area contributed by atoms with E-state index in [9.17, 15) is 19.8 Å². The minimum Gasteiger partial charge on any atom is -0.507 e. The molecule has 1 saturated heterocycles. The Morgan fingerprint density at radius 2 is 2.10 bits per heavy atom. The van der Waals surface area contributed by atoms with Crippen LogP contribution < -0.4 is 4.74 Å². The van der Waals surface area contributed by atoms with E-state index >= 15 is 0 Å². The van der Waals surface area contributed by atoms with Crippen molar-refractivity contribution < 1.29 is 34.6 Å². The lowest BCUT2D eigenvalue weighted by Crippen LogP contribution is -2.56. The molecule has 1 aromatic carbocycles. The molecule has 0 aliphatic carbocycles. The van der Waals surface area contributed by atoms with Crippen molar-refractivity contribution in [2.45, 2.75) is 32.2 Å². The molecule has 4 N–H and O–H groups in total. The third kappa shape index (κ3) is 5.86. The van der Waals surface area contributed by atoms with Gasteiger partial charge in [-0.1, -0.05) is 12.0 Å². The first-order valence-electron chi connectivity index (χ1n) is 9.29. The number of hydrogen-bond donors (Lipinski definition) is 4. The van der Waals surface area contributed by atoms with Crippen LogP contribution in [0.2, 0.25) is 6.32 Å². The molecule has 1 aromatic rings. The molecule has 2 rings (SSSR count). The molecule has 1 amide bonds. The highest BCUT2D eigenvalue weighted by molar-refractivity contribution is 6.41. The number of ether oxygens (including phenoxy) is 1. The van der Waals surface area contributed by atoms with E-state index in [4.69, 9.17) is 21.2 Å². The summed E-state index contributed by atoms with van der Waals surface area (Å²) < 4.78 is 5.67. The van der Waals surface area contributed by atoms with E-state index in [1.165, 1.54) is 23.1 Å². The van der Waals surface area contributed by atoms with Crippen molar-refractivity contribution in [3.63, 3.8) is 0 Å². The molecule has 30 heavy (non-hydrogen) atoms. The van der Waals surface area contributed by atoms with E-state index < -0.39 is 30.5 Å². The van der Waals surface area contributed by atoms with E-state index in [-0.39, 0.29) is 49.5 Å². The number of likely N-dealkylation sites (tertiary alicyclic amines) is 1. The lowest BCUT2D eigenvalue weighted by Gasteiger charge is -2.39. The summed E-state index contributed by atoms with van der Waals surface area (Å²) in [4.78, 5) is 29.5. The molecule has 0 bridgehead atoms. The van der Waals surface area contributed by atoms with Gasteiger partial charge in [0.15, 0.2) is 0 Å². The summed E-state index contributed by atoms with van der Waals surface area (Å²) in [5, 5.41) is 37.6. The van der Waals surface area contributed by atoms with Crippen molar-refractivity contribution in [1.29, 1.82) is 0 Å². The fraction of sp³-hybridized carbons (Fsp3) is 0.350. The predicted molar refractivity (Wildman–Crippen MR) is 110 cm³/mol. The number of carboxylic acid groups (broad SMARTS) is 1. The predicted octanol–water partition coefficient (Wildman–Crippen LogP) is 0.693. The standard InChI is InChI=1S/C20H23BN2O7/c1-3-5-14(22-4-2)10-17(24)23-11-15(12-23)30-16-7-6-13(8-9-21(28)29)19(25)18(16)20(26)27/h1,4-7,15,25,28-29H,8-12H2,2H3,(H,26,27)/b14-5-,22-4-. The van der Waals surface area contributed by atoms with Crippen molar-refractivity contribution in [1.82, 2.24) is 4.90 Å². The summed E-state index contributed by atoms with van der Waals surface area (Å²) in [6, 6.07) is 2.89. The molecule has 158 valence electrons. The number of aromatic hydroxyl groups is 1. The van der Waals surface area contributed by atoms with Crippen LogP contribution in [0.3, 0.4) is 0 Å². The van der Waals surface area contributed by atoms with Gasteiger partial charge in [0.2, 0.25) is 5.91 Å². The Morgan fingerprint density at radius 3 is 2.67 bits per heavy atom. The lowest BCUT2D eigenvalue weighted by molar-refractivity contribution is -0.139. The third-order valence-corrected chi connectivity index (χ3v) is 4.48. The van der Waals surface area contributed by atoms with Crippen LogP contribution in [0.5, 0.6) is 11.5 Å². The number of carbonyl (C=O) groups excluding carboxylic acids is 1. The molecule has 0 spiro atoms. The summed E-state index contributed by atoms with van der Waals surface area (Å²) in [6.45, 7) is 2.24. The smallest absolute Gasteiger partial charge is 0.451 e. The first kappa shape index (κ1) is 23.0. The fourth-order valence-corrected chi connectivity index (χ4v) is 2.97. The zero-order chi connectivity index (χ0) is 22.3. The van der Waals surface area contributed by atoms with Crippen molar-refractivity contribution in [2.24, 2.45) is 4.99 Å². The van der Waals surface area contributed by atoms with Crippen LogP contribution in [0.25, 0.3) is 0 Å². The number of aromatic carboxylic acids is 1. The van der Waals surface area contributed by atoms with Crippen molar-refractivity contribution >= 4 is 25.2 Å². The zero-order valence-electron chi connectivity index (χ0n) is 16.5. The van der Waals surface area contributed by atoms with Crippen LogP contribution in [0.1, 0.15) is 29.3 Å². The number of terminal acetylenes is 1. The molecule has 9 nitrogen and oxygen atoms in total. The van der Waals surface area contributed by atoms with Gasteiger partial charge >= 0.3 is 13.1 Å². The maximum absolute atomic E-state index is 12.3. The number of nitrogens with zero attached hydrogens (tertiary/aromatic N) is 2. The van der Waals surface area contributed by atoms with E-state index in [0.29, 0.717) is 5.70 Å². The number of carboxylic acids is 1. The van der Waals surface area contributed by atoms with Crippen molar-refractivity contribution in [3.05, 3.63) is 35.0 Å². The number of allylic oxidation sites excluding steroid dienone is 1. The largest absolute Gasteiger partial charge is 0.507 e. The fourth-order valence-electron chi connectivity index (χ4n) is 2.97. The summed E-state index contributed by atoms with van der Waals surface area (Å²) in [7, 11) is -1.56. The number of carbonyl (C=O) groups is 2. The van der Waals surface area contributed by atoms with Gasteiger partial charge in [0.1, 0.15) is 23.2 Å². The molecular weight excluding hydrogens is 391 g/mol. The summed E-state index contributed by atoms with van der Waals surface area (Å²) >= 11 is 0. The molecule has 1 aliphatic heterocycles. The van der Waals surface area contributed by atoms with Crippen molar-refractivity contribution in [2.75, 3.05) is 13.1 Å². The average molecular weight is 414 g/mol. The van der Waals surface area contributed by atoms with Gasteiger partial charge in [0.05, 0.1) is 25.2 Å². The molecule has 10 heteroatoms. The molecule has 1 aliphatic rings. The minimum absolute atomic E-state index is 0.0195. The highest BCUT2D eigenvalue weighted by atomic mass is 16.5. The number of rotatable bonds is 9. The SMILES string of the molecule is C#C/C=C(CC(=O)N1CC(Oc2ccc(CCB(O)O)c(O)c2C(=O)O)C1)\N=C/C. The number of phenols is 1. The zero-order valence-corrected chi connectivity index (χ0v) is 16.5. The van der Waals surface area contributed by atoms with Gasteiger partial charge in [-0.15, -0.1) is 6.42 Å². The summed E-state index contributed by atoms with van der Waals surface area (Å²) in [6.07, 6.45) is 7.85. The Bertz CT molecular complexity index is 899. The Balaban J connectivity index is 2.02. The average Bonchev–Trinajstić information content (AvgIpc) is 2.63. The van der Waals surface area contributed by atoms with Gasteiger partial charge in [-0.25, -0.2) is 4.79 Å². The first-order valence-corrected chi connectivity index (χ1v) is 9.29. The molecule has 0 saturated carbocycles. The Hall–Kier alpha value is -3.29. The number of hydrogen-bond acceptors (Lipinski definition) is 7. The van der Waals surface area contributed by atoms with Crippen LogP contribution in [-0.2, 0) is 11.2 Å². The minimum atomic E-state index is -1.56. The monoisotopic (exact) mass is 414 g/mol. The molecule has 1 heterocycles. The normalized spacial score (nSPS) is 14.3. The van der Waals surface area contributed by atoms with Gasteiger partial charge < -0.3 is 29.9 Å². The van der Waals surface area contributed by atoms with Crippen LogP contribution in [0.15, 0.2) is 28.9 Å². The third-order valence-electron chi connectivity index (χ3n) is 4.48. The van der Waals surface area contributed by atoms with Gasteiger partial charge in [-0.2, -0.15) is 0 Å². The second-order valence-electron chi connectivity index (χ2n) is 6.68. The number of benzene rings is 1. The molecule has 0 aromatic heterocycles. The second-order valence-corrected chi connectivity index (χ2v) is 6.68. The van der Waals surface area contributed by atoms with Gasteiger partial charge in [-0.3, -0.25) is 9.79 Å². The van der Waals surface area contributed by atoms with Gasteiger partial charge in [-0.05, 0) is 31.3 Å². The number of aliphatic imine (C=N–C) groups is 1. The van der Waals surface area contributed by atoms with E-state index in [1.54, 1.807) is 13.1 Å². The topological polar surface area (TPSA) is 140 Å². The number of aryl methyl sites for hydroxylation is 1.